The number of hydrogen-bond acceptors (Lipinski definition) is 6. The Morgan fingerprint density at radius 3 is 2.72 bits per heavy atom. The molecule has 0 saturated heterocycles. The van der Waals surface area contributed by atoms with Gasteiger partial charge in [0.05, 0.1) is 24.4 Å². The van der Waals surface area contributed by atoms with Crippen molar-refractivity contribution in [2.75, 3.05) is 7.05 Å². The summed E-state index contributed by atoms with van der Waals surface area (Å²) in [5.74, 6) is 0.765. The van der Waals surface area contributed by atoms with Crippen LogP contribution in [0.2, 0.25) is 0 Å². The van der Waals surface area contributed by atoms with E-state index in [2.05, 4.69) is 25.6 Å². The van der Waals surface area contributed by atoms with Gasteiger partial charge in [0.25, 0.3) is 5.91 Å². The molecule has 1 fully saturated rings. The second-order valence-corrected chi connectivity index (χ2v) is 7.87. The number of aromatic nitrogens is 3. The Morgan fingerprint density at radius 2 is 2.03 bits per heavy atom. The number of nitrogens with zero attached hydrogens (tertiary/aromatic N) is 2. The number of amides is 2. The van der Waals surface area contributed by atoms with Crippen molar-refractivity contribution in [2.24, 2.45) is 5.92 Å². The molecule has 3 heterocycles. The normalized spacial score (nSPS) is 15.2. The first-order valence-electron chi connectivity index (χ1n) is 10.8. The van der Waals surface area contributed by atoms with Gasteiger partial charge in [0.2, 0.25) is 5.91 Å². The van der Waals surface area contributed by atoms with Crippen LogP contribution in [0, 0.1) is 5.92 Å². The fourth-order valence-corrected chi connectivity index (χ4v) is 3.97. The predicted molar refractivity (Wildman–Crippen MR) is 117 cm³/mol. The minimum atomic E-state index is -0.564. The summed E-state index contributed by atoms with van der Waals surface area (Å²) >= 11 is 0. The van der Waals surface area contributed by atoms with Crippen molar-refractivity contribution in [3.05, 3.63) is 54.4 Å². The van der Waals surface area contributed by atoms with Gasteiger partial charge in [0, 0.05) is 7.05 Å². The van der Waals surface area contributed by atoms with E-state index in [1.165, 1.54) is 6.42 Å². The summed E-state index contributed by atoms with van der Waals surface area (Å²) in [6.07, 6.45) is 10.1. The van der Waals surface area contributed by atoms with Gasteiger partial charge in [0.15, 0.2) is 11.5 Å². The minimum Gasteiger partial charge on any atom is -0.486 e. The lowest BCUT2D eigenvalue weighted by molar-refractivity contribution is -0.124. The highest BCUT2D eigenvalue weighted by atomic mass is 16.5. The summed E-state index contributed by atoms with van der Waals surface area (Å²) in [7, 11) is 1.59. The van der Waals surface area contributed by atoms with Crippen LogP contribution in [-0.4, -0.2) is 39.9 Å². The van der Waals surface area contributed by atoms with Gasteiger partial charge in [-0.1, -0.05) is 19.3 Å². The summed E-state index contributed by atoms with van der Waals surface area (Å²) < 4.78 is 11.4. The molecular weight excluding hydrogens is 410 g/mol. The summed E-state index contributed by atoms with van der Waals surface area (Å²) in [5, 5.41) is 5.53. The molecule has 3 aromatic heterocycles. The van der Waals surface area contributed by atoms with Crippen LogP contribution >= 0.6 is 0 Å². The molecular formula is C23H27N5O4. The Hall–Kier alpha value is -3.62. The van der Waals surface area contributed by atoms with Crippen molar-refractivity contribution < 1.29 is 18.7 Å². The molecule has 3 aromatic rings. The number of furan rings is 1. The maximum atomic E-state index is 12.8. The zero-order valence-corrected chi connectivity index (χ0v) is 18.0. The van der Waals surface area contributed by atoms with Crippen molar-refractivity contribution in [3.63, 3.8) is 0 Å². The molecule has 0 unspecified atom stereocenters. The molecule has 32 heavy (non-hydrogen) atoms. The number of hydrogen-bond donors (Lipinski definition) is 3. The molecule has 168 valence electrons. The third-order valence-electron chi connectivity index (χ3n) is 5.70. The number of carbonyl (C=O) groups excluding carboxylic acids is 2. The fraction of sp³-hybridized carbons (Fsp3) is 0.391. The number of carbonyl (C=O) groups is 2. The van der Waals surface area contributed by atoms with Crippen molar-refractivity contribution in [2.45, 2.75) is 44.8 Å². The molecule has 1 atom stereocenters. The number of ether oxygens (including phenoxy) is 1. The maximum absolute atomic E-state index is 12.8. The van der Waals surface area contributed by atoms with Gasteiger partial charge in [0.1, 0.15) is 24.1 Å². The zero-order chi connectivity index (χ0) is 22.3. The minimum absolute atomic E-state index is 0.137. The summed E-state index contributed by atoms with van der Waals surface area (Å²) in [5.41, 5.74) is 1.44. The Labute approximate surface area is 186 Å². The highest BCUT2D eigenvalue weighted by Crippen LogP contribution is 2.27. The molecule has 9 heteroatoms. The van der Waals surface area contributed by atoms with E-state index in [9.17, 15) is 9.59 Å². The van der Waals surface area contributed by atoms with E-state index in [0.29, 0.717) is 23.8 Å². The van der Waals surface area contributed by atoms with Crippen molar-refractivity contribution in [1.82, 2.24) is 25.6 Å². The number of likely N-dealkylation sites (N-methyl/N-ethyl adjacent to an activating group) is 1. The van der Waals surface area contributed by atoms with E-state index in [-0.39, 0.29) is 17.6 Å². The van der Waals surface area contributed by atoms with Crippen LogP contribution in [-0.2, 0) is 11.4 Å². The third-order valence-corrected chi connectivity index (χ3v) is 5.70. The van der Waals surface area contributed by atoms with Crippen LogP contribution in [0.5, 0.6) is 5.75 Å². The SMILES string of the molecule is CNC(=O)[C@@H](NC(=O)c1ccc(-c2ccc(OCc3cnc[nH]3)cn2)o1)C1CCCCC1. The molecule has 0 aliphatic heterocycles. The van der Waals surface area contributed by atoms with Gasteiger partial charge in [-0.25, -0.2) is 9.97 Å². The molecule has 0 aromatic carbocycles. The van der Waals surface area contributed by atoms with Crippen molar-refractivity contribution in [3.8, 4) is 17.2 Å². The highest BCUT2D eigenvalue weighted by molar-refractivity contribution is 5.96. The van der Waals surface area contributed by atoms with Gasteiger partial charge < -0.3 is 24.8 Å². The van der Waals surface area contributed by atoms with E-state index in [0.717, 1.165) is 31.4 Å². The zero-order valence-electron chi connectivity index (χ0n) is 18.0. The molecule has 1 aliphatic carbocycles. The first-order chi connectivity index (χ1) is 15.6. The number of aromatic amines is 1. The number of H-pyrrole nitrogens is 1. The van der Waals surface area contributed by atoms with Crippen LogP contribution in [0.4, 0.5) is 0 Å². The van der Waals surface area contributed by atoms with Gasteiger partial charge in [-0.3, -0.25) is 9.59 Å². The van der Waals surface area contributed by atoms with Gasteiger partial charge in [-0.2, -0.15) is 0 Å². The van der Waals surface area contributed by atoms with E-state index in [1.54, 1.807) is 50.0 Å². The maximum Gasteiger partial charge on any atom is 0.287 e. The second kappa shape index (κ2) is 10.1. The number of nitrogens with one attached hydrogen (secondary N) is 3. The second-order valence-electron chi connectivity index (χ2n) is 7.87. The first-order valence-corrected chi connectivity index (χ1v) is 10.8. The van der Waals surface area contributed by atoms with Crippen LogP contribution in [0.3, 0.4) is 0 Å². The van der Waals surface area contributed by atoms with Gasteiger partial charge in [-0.05, 0) is 43.0 Å². The molecule has 2 amide bonds. The molecule has 1 saturated carbocycles. The van der Waals surface area contributed by atoms with E-state index >= 15 is 0 Å². The lowest BCUT2D eigenvalue weighted by Crippen LogP contribution is -2.50. The van der Waals surface area contributed by atoms with E-state index < -0.39 is 11.9 Å². The fourth-order valence-electron chi connectivity index (χ4n) is 3.97. The Kier molecular flexibility index (Phi) is 6.84. The Balaban J connectivity index is 1.39. The summed E-state index contributed by atoms with van der Waals surface area (Å²) in [6.45, 7) is 0.361. The monoisotopic (exact) mass is 437 g/mol. The Bertz CT molecular complexity index is 1020. The predicted octanol–water partition coefficient (Wildman–Crippen LogP) is 3.07. The molecule has 0 bridgehead atoms. The van der Waals surface area contributed by atoms with Gasteiger partial charge >= 0.3 is 0 Å². The highest BCUT2D eigenvalue weighted by Gasteiger charge is 2.31. The van der Waals surface area contributed by atoms with Crippen LogP contribution in [0.1, 0.15) is 48.4 Å². The van der Waals surface area contributed by atoms with Crippen molar-refractivity contribution >= 4 is 11.8 Å². The standard InChI is InChI=1S/C23H27N5O4/c1-24-23(30)21(15-5-3-2-4-6-15)28-22(29)20-10-9-19(32-20)18-8-7-17(12-26-18)31-13-16-11-25-14-27-16/h7-12,14-15,21H,2-6,13H2,1H3,(H,24,30)(H,25,27)(H,28,29)/t21-/m0/s1. The molecule has 1 aliphatic rings. The number of imidazole rings is 1. The topological polar surface area (TPSA) is 122 Å². The lowest BCUT2D eigenvalue weighted by atomic mass is 9.83. The average Bonchev–Trinajstić information content (AvgIpc) is 3.54. The molecule has 0 radical (unpaired) electrons. The number of rotatable bonds is 8. The quantitative estimate of drug-likeness (QED) is 0.498. The van der Waals surface area contributed by atoms with E-state index in [4.69, 9.17) is 9.15 Å². The molecule has 4 rings (SSSR count). The smallest absolute Gasteiger partial charge is 0.287 e. The van der Waals surface area contributed by atoms with Crippen LogP contribution in [0.25, 0.3) is 11.5 Å². The lowest BCUT2D eigenvalue weighted by Gasteiger charge is -2.29. The molecule has 0 spiro atoms. The summed E-state index contributed by atoms with van der Waals surface area (Å²) in [4.78, 5) is 36.4. The molecule has 3 N–H and O–H groups in total. The Morgan fingerprint density at radius 1 is 1.19 bits per heavy atom. The van der Waals surface area contributed by atoms with Gasteiger partial charge in [-0.15, -0.1) is 0 Å². The number of pyridine rings is 1. The van der Waals surface area contributed by atoms with Crippen LogP contribution < -0.4 is 15.4 Å². The van der Waals surface area contributed by atoms with E-state index in [1.807, 2.05) is 0 Å². The molecule has 9 nitrogen and oxygen atoms in total. The largest absolute Gasteiger partial charge is 0.486 e. The van der Waals surface area contributed by atoms with Crippen molar-refractivity contribution in [1.29, 1.82) is 0 Å². The average molecular weight is 438 g/mol. The van der Waals surface area contributed by atoms with Crippen LogP contribution in [0.15, 0.2) is 47.4 Å². The summed E-state index contributed by atoms with van der Waals surface area (Å²) in [6, 6.07) is 6.27. The third kappa shape index (κ3) is 5.16. The first kappa shape index (κ1) is 21.6.